The molecule has 128 valence electrons. The first-order valence-corrected chi connectivity index (χ1v) is 9.01. The average Bonchev–Trinajstić information content (AvgIpc) is 3.21. The molecule has 1 atom stereocenters. The predicted molar refractivity (Wildman–Crippen MR) is 92.3 cm³/mol. The number of nitrogens with one attached hydrogen (secondary N) is 1. The van der Waals surface area contributed by atoms with E-state index in [-0.39, 0.29) is 11.8 Å². The van der Waals surface area contributed by atoms with Gasteiger partial charge in [0.15, 0.2) is 0 Å². The number of thiophene rings is 1. The molecule has 2 aromatic rings. The minimum Gasteiger partial charge on any atom is -0.349 e. The highest BCUT2D eigenvalue weighted by Crippen LogP contribution is 2.22. The SMILES string of the molecule is CC(C)CC(=O)N1Cc2cncn2C(C(=O)NCc2cccs2)C1. The fourth-order valence-electron chi connectivity index (χ4n) is 2.87. The molecule has 2 aromatic heterocycles. The maximum atomic E-state index is 12.7. The van der Waals surface area contributed by atoms with Crippen molar-refractivity contribution in [2.45, 2.75) is 39.4 Å². The van der Waals surface area contributed by atoms with Crippen molar-refractivity contribution in [3.05, 3.63) is 40.6 Å². The van der Waals surface area contributed by atoms with E-state index in [4.69, 9.17) is 0 Å². The lowest BCUT2D eigenvalue weighted by molar-refractivity contribution is -0.136. The number of imidazole rings is 1. The van der Waals surface area contributed by atoms with Crippen LogP contribution in [0, 0.1) is 5.92 Å². The molecule has 0 saturated heterocycles. The van der Waals surface area contributed by atoms with Crippen LogP contribution in [0.25, 0.3) is 0 Å². The second-order valence-electron chi connectivity index (χ2n) is 6.48. The van der Waals surface area contributed by atoms with E-state index in [1.807, 2.05) is 35.9 Å². The van der Waals surface area contributed by atoms with Gasteiger partial charge < -0.3 is 14.8 Å². The molecular formula is C17H22N4O2S. The van der Waals surface area contributed by atoms with Gasteiger partial charge in [-0.05, 0) is 17.4 Å². The Balaban J connectivity index is 1.71. The predicted octanol–water partition coefficient (Wildman–Crippen LogP) is 2.19. The topological polar surface area (TPSA) is 67.2 Å². The molecule has 0 fully saturated rings. The zero-order chi connectivity index (χ0) is 17.1. The molecule has 0 bridgehead atoms. The van der Waals surface area contributed by atoms with Crippen LogP contribution in [0.15, 0.2) is 30.0 Å². The Morgan fingerprint density at radius 3 is 3.00 bits per heavy atom. The largest absolute Gasteiger partial charge is 0.349 e. The Bertz CT molecular complexity index is 708. The number of carbonyl (C=O) groups is 2. The van der Waals surface area contributed by atoms with Gasteiger partial charge in [0, 0.05) is 17.5 Å². The van der Waals surface area contributed by atoms with Crippen molar-refractivity contribution >= 4 is 23.2 Å². The number of amides is 2. The highest BCUT2D eigenvalue weighted by molar-refractivity contribution is 7.09. The van der Waals surface area contributed by atoms with E-state index in [0.29, 0.717) is 32.0 Å². The molecule has 0 radical (unpaired) electrons. The van der Waals surface area contributed by atoms with E-state index in [0.717, 1.165) is 10.6 Å². The Morgan fingerprint density at radius 2 is 2.29 bits per heavy atom. The van der Waals surface area contributed by atoms with Gasteiger partial charge in [-0.2, -0.15) is 0 Å². The number of carbonyl (C=O) groups excluding carboxylic acids is 2. The lowest BCUT2D eigenvalue weighted by Crippen LogP contribution is -2.46. The Kier molecular flexibility index (Phi) is 4.99. The van der Waals surface area contributed by atoms with E-state index >= 15 is 0 Å². The number of aromatic nitrogens is 2. The van der Waals surface area contributed by atoms with Crippen molar-refractivity contribution in [3.8, 4) is 0 Å². The van der Waals surface area contributed by atoms with Gasteiger partial charge in [-0.25, -0.2) is 4.98 Å². The van der Waals surface area contributed by atoms with E-state index in [9.17, 15) is 9.59 Å². The Hall–Kier alpha value is -2.15. The maximum absolute atomic E-state index is 12.7. The molecule has 1 aliphatic rings. The van der Waals surface area contributed by atoms with Gasteiger partial charge in [0.25, 0.3) is 0 Å². The van der Waals surface area contributed by atoms with Gasteiger partial charge >= 0.3 is 0 Å². The van der Waals surface area contributed by atoms with Gasteiger partial charge in [0.1, 0.15) is 6.04 Å². The standard InChI is InChI=1S/C17H22N4O2S/c1-12(2)6-16(22)20-9-13-7-18-11-21(13)15(10-20)17(23)19-8-14-4-3-5-24-14/h3-5,7,11-12,15H,6,8-10H2,1-2H3,(H,19,23). The van der Waals surface area contributed by atoms with Gasteiger partial charge in [-0.15, -0.1) is 11.3 Å². The van der Waals surface area contributed by atoms with Crippen LogP contribution in [0.2, 0.25) is 0 Å². The summed E-state index contributed by atoms with van der Waals surface area (Å²) in [6.07, 6.45) is 3.90. The number of nitrogens with zero attached hydrogens (tertiary/aromatic N) is 3. The molecule has 1 N–H and O–H groups in total. The van der Waals surface area contributed by atoms with E-state index < -0.39 is 6.04 Å². The molecule has 0 spiro atoms. The lowest BCUT2D eigenvalue weighted by Gasteiger charge is -2.34. The van der Waals surface area contributed by atoms with Crippen molar-refractivity contribution in [2.75, 3.05) is 6.54 Å². The molecule has 3 heterocycles. The highest BCUT2D eigenvalue weighted by Gasteiger charge is 2.32. The normalized spacial score (nSPS) is 17.0. The first-order chi connectivity index (χ1) is 11.5. The average molecular weight is 346 g/mol. The van der Waals surface area contributed by atoms with Crippen molar-refractivity contribution in [1.29, 1.82) is 0 Å². The lowest BCUT2D eigenvalue weighted by atomic mass is 10.1. The highest BCUT2D eigenvalue weighted by atomic mass is 32.1. The first kappa shape index (κ1) is 16.7. The van der Waals surface area contributed by atoms with Crippen LogP contribution in [0.3, 0.4) is 0 Å². The summed E-state index contributed by atoms with van der Waals surface area (Å²) in [5.41, 5.74) is 0.898. The van der Waals surface area contributed by atoms with Crippen LogP contribution in [-0.4, -0.2) is 32.8 Å². The Morgan fingerprint density at radius 1 is 1.46 bits per heavy atom. The monoisotopic (exact) mass is 346 g/mol. The van der Waals surface area contributed by atoms with Gasteiger partial charge in [0.05, 0.1) is 31.7 Å². The summed E-state index contributed by atoms with van der Waals surface area (Å²) >= 11 is 1.61. The third-order valence-electron chi connectivity index (χ3n) is 4.08. The minimum atomic E-state index is -0.424. The van der Waals surface area contributed by atoms with Gasteiger partial charge in [-0.1, -0.05) is 19.9 Å². The van der Waals surface area contributed by atoms with Crippen LogP contribution in [0.5, 0.6) is 0 Å². The van der Waals surface area contributed by atoms with Gasteiger partial charge in [-0.3, -0.25) is 9.59 Å². The summed E-state index contributed by atoms with van der Waals surface area (Å²) < 4.78 is 1.88. The Labute approximate surface area is 145 Å². The van der Waals surface area contributed by atoms with Crippen LogP contribution in [0.1, 0.15) is 36.9 Å². The molecule has 3 rings (SSSR count). The van der Waals surface area contributed by atoms with Crippen LogP contribution >= 0.6 is 11.3 Å². The molecule has 0 saturated carbocycles. The fourth-order valence-corrected chi connectivity index (χ4v) is 3.52. The van der Waals surface area contributed by atoms with Crippen molar-refractivity contribution in [1.82, 2.24) is 19.8 Å². The molecule has 2 amide bonds. The maximum Gasteiger partial charge on any atom is 0.245 e. The number of fused-ring (bicyclic) bond motifs is 1. The minimum absolute atomic E-state index is 0.0790. The second kappa shape index (κ2) is 7.17. The van der Waals surface area contributed by atoms with Crippen LogP contribution in [0.4, 0.5) is 0 Å². The molecule has 0 aromatic carbocycles. The van der Waals surface area contributed by atoms with Crippen molar-refractivity contribution in [2.24, 2.45) is 5.92 Å². The van der Waals surface area contributed by atoms with Gasteiger partial charge in [0.2, 0.25) is 11.8 Å². The van der Waals surface area contributed by atoms with E-state index in [1.54, 1.807) is 28.8 Å². The molecule has 7 heteroatoms. The number of hydrogen-bond donors (Lipinski definition) is 1. The summed E-state index contributed by atoms with van der Waals surface area (Å²) in [5.74, 6) is 0.314. The zero-order valence-corrected chi connectivity index (χ0v) is 14.8. The number of rotatable bonds is 5. The third kappa shape index (κ3) is 3.67. The van der Waals surface area contributed by atoms with E-state index in [2.05, 4.69) is 10.3 Å². The first-order valence-electron chi connectivity index (χ1n) is 8.13. The summed E-state index contributed by atoms with van der Waals surface area (Å²) in [6.45, 7) is 5.47. The molecule has 1 aliphatic heterocycles. The summed E-state index contributed by atoms with van der Waals surface area (Å²) in [6, 6.07) is 3.53. The van der Waals surface area contributed by atoms with Crippen LogP contribution < -0.4 is 5.32 Å². The fraction of sp³-hybridized carbons (Fsp3) is 0.471. The van der Waals surface area contributed by atoms with Crippen molar-refractivity contribution < 1.29 is 9.59 Å². The molecule has 24 heavy (non-hydrogen) atoms. The van der Waals surface area contributed by atoms with E-state index in [1.165, 1.54) is 0 Å². The third-order valence-corrected chi connectivity index (χ3v) is 4.96. The molecular weight excluding hydrogens is 324 g/mol. The molecule has 1 unspecified atom stereocenters. The summed E-state index contributed by atoms with van der Waals surface area (Å²) in [7, 11) is 0. The van der Waals surface area contributed by atoms with Crippen molar-refractivity contribution in [3.63, 3.8) is 0 Å². The summed E-state index contributed by atoms with van der Waals surface area (Å²) in [4.78, 5) is 32.1. The quantitative estimate of drug-likeness (QED) is 0.902. The molecule has 0 aliphatic carbocycles. The summed E-state index contributed by atoms with van der Waals surface area (Å²) in [5, 5.41) is 4.96. The smallest absolute Gasteiger partial charge is 0.245 e. The number of hydrogen-bond acceptors (Lipinski definition) is 4. The molecule has 6 nitrogen and oxygen atoms in total. The zero-order valence-electron chi connectivity index (χ0n) is 13.9. The second-order valence-corrected chi connectivity index (χ2v) is 7.51. The van der Waals surface area contributed by atoms with Crippen LogP contribution in [-0.2, 0) is 22.7 Å².